The number of hydrogen-bond acceptors (Lipinski definition) is 2. The van der Waals surface area contributed by atoms with Crippen LogP contribution < -0.4 is 5.32 Å². The lowest BCUT2D eigenvalue weighted by Gasteiger charge is -2.20. The van der Waals surface area contributed by atoms with Gasteiger partial charge in [-0.2, -0.15) is 13.2 Å². The Hall–Kier alpha value is -2.92. The fourth-order valence-electron chi connectivity index (χ4n) is 3.60. The highest BCUT2D eigenvalue weighted by Gasteiger charge is 2.31. The lowest BCUT2D eigenvalue weighted by Crippen LogP contribution is -2.07. The number of benzene rings is 3. The van der Waals surface area contributed by atoms with E-state index >= 15 is 0 Å². The van der Waals surface area contributed by atoms with Gasteiger partial charge in [-0.15, -0.1) is 11.8 Å². The molecule has 0 saturated carbocycles. The van der Waals surface area contributed by atoms with Crippen LogP contribution in [0.25, 0.3) is 11.8 Å². The second-order valence-electron chi connectivity index (χ2n) is 7.09. The van der Waals surface area contributed by atoms with Crippen molar-refractivity contribution in [1.82, 2.24) is 0 Å². The molecule has 152 valence electrons. The summed E-state index contributed by atoms with van der Waals surface area (Å²) in [5.41, 5.74) is 5.18. The van der Waals surface area contributed by atoms with Crippen molar-refractivity contribution < 1.29 is 13.2 Å². The normalized spacial score (nSPS) is 16.5. The second kappa shape index (κ2) is 8.07. The molecule has 0 saturated heterocycles. The summed E-state index contributed by atoms with van der Waals surface area (Å²) in [5.74, 6) is 0. The number of hydrogen-bond donors (Lipinski definition) is 1. The lowest BCUT2D eigenvalue weighted by molar-refractivity contribution is -0.137. The van der Waals surface area contributed by atoms with Crippen molar-refractivity contribution in [1.29, 1.82) is 0 Å². The summed E-state index contributed by atoms with van der Waals surface area (Å²) in [7, 11) is 0. The van der Waals surface area contributed by atoms with Crippen molar-refractivity contribution in [3.05, 3.63) is 107 Å². The van der Waals surface area contributed by atoms with Gasteiger partial charge < -0.3 is 5.32 Å². The number of anilines is 1. The predicted octanol–water partition coefficient (Wildman–Crippen LogP) is 8.04. The molecule has 0 aliphatic carbocycles. The monoisotopic (exact) mass is 423 g/mol. The van der Waals surface area contributed by atoms with Gasteiger partial charge in [-0.25, -0.2) is 0 Å². The van der Waals surface area contributed by atoms with Gasteiger partial charge in [0.1, 0.15) is 0 Å². The topological polar surface area (TPSA) is 12.0 Å². The van der Waals surface area contributed by atoms with Crippen LogP contribution in [0.4, 0.5) is 18.9 Å². The summed E-state index contributed by atoms with van der Waals surface area (Å²) < 4.78 is 39.1. The average Bonchev–Trinajstić information content (AvgIpc) is 2.90. The number of thioether (sulfide) groups is 1. The number of halogens is 3. The molecule has 30 heavy (non-hydrogen) atoms. The highest BCUT2D eigenvalue weighted by molar-refractivity contribution is 8.00. The van der Waals surface area contributed by atoms with Gasteiger partial charge >= 0.3 is 6.18 Å². The molecule has 3 aromatic carbocycles. The van der Waals surface area contributed by atoms with Gasteiger partial charge in [0.15, 0.2) is 0 Å². The minimum absolute atomic E-state index is 0.128. The number of rotatable bonds is 3. The molecule has 3 aromatic rings. The summed E-state index contributed by atoms with van der Waals surface area (Å²) in [6.45, 7) is 5.96. The summed E-state index contributed by atoms with van der Waals surface area (Å²) in [4.78, 5) is 1.05. The third-order valence-electron chi connectivity index (χ3n) is 5.17. The largest absolute Gasteiger partial charge is 0.416 e. The Bertz CT molecular complexity index is 1110. The van der Waals surface area contributed by atoms with Gasteiger partial charge in [0.25, 0.3) is 0 Å². The van der Waals surface area contributed by atoms with E-state index in [9.17, 15) is 13.2 Å². The maximum absolute atomic E-state index is 13.0. The molecule has 0 radical (unpaired) electrons. The molecule has 4 rings (SSSR count). The van der Waals surface area contributed by atoms with Crippen molar-refractivity contribution in [2.45, 2.75) is 23.2 Å². The minimum atomic E-state index is -4.35. The third-order valence-corrected chi connectivity index (χ3v) is 6.64. The molecule has 1 nitrogen and oxygen atoms in total. The van der Waals surface area contributed by atoms with E-state index in [0.29, 0.717) is 0 Å². The smallest absolute Gasteiger partial charge is 0.354 e. The molecule has 0 amide bonds. The van der Waals surface area contributed by atoms with Gasteiger partial charge in [0.2, 0.25) is 0 Å². The van der Waals surface area contributed by atoms with Crippen LogP contribution in [0.1, 0.15) is 34.4 Å². The van der Waals surface area contributed by atoms with Crippen LogP contribution in [-0.2, 0) is 6.18 Å². The molecule has 1 heterocycles. The fraction of sp³-hybridized carbons (Fsp3) is 0.120. The van der Waals surface area contributed by atoms with Crippen molar-refractivity contribution in [3.63, 3.8) is 0 Å². The maximum Gasteiger partial charge on any atom is 0.416 e. The molecular weight excluding hydrogens is 403 g/mol. The van der Waals surface area contributed by atoms with Crippen LogP contribution in [0, 0.1) is 0 Å². The first kappa shape index (κ1) is 20.4. The number of para-hydroxylation sites is 1. The summed E-state index contributed by atoms with van der Waals surface area (Å²) in [6, 6.07) is 21.4. The highest BCUT2D eigenvalue weighted by atomic mass is 32.2. The molecule has 1 N–H and O–H groups in total. The molecule has 0 spiro atoms. The number of nitrogens with one attached hydrogen (secondary N) is 1. The standard InChI is InChI=1S/C25H20F3NS/c1-3-17-8-4-5-9-20(17)23-16(2)24(30-22-11-7-6-10-21(22)29-23)18-12-14-19(15-13-18)25(26,27)28/h3-15,24,29H,1H2,2H3. The van der Waals surface area contributed by atoms with E-state index in [-0.39, 0.29) is 5.25 Å². The number of alkyl halides is 3. The maximum atomic E-state index is 13.0. The van der Waals surface area contributed by atoms with Crippen LogP contribution in [0.15, 0.2) is 89.8 Å². The Balaban J connectivity index is 1.87. The van der Waals surface area contributed by atoms with E-state index in [1.54, 1.807) is 23.9 Å². The summed E-state index contributed by atoms with van der Waals surface area (Å²) in [5, 5.41) is 3.44. The SMILES string of the molecule is C=Cc1ccccc1C1=C(C)C(c2ccc(C(F)(F)F)cc2)Sc2ccccc2N1. The molecular formula is C25H20F3NS. The summed E-state index contributed by atoms with van der Waals surface area (Å²) in [6.07, 6.45) is -2.53. The van der Waals surface area contributed by atoms with Crippen LogP contribution >= 0.6 is 11.8 Å². The first-order chi connectivity index (χ1) is 14.4. The Kier molecular flexibility index (Phi) is 5.48. The van der Waals surface area contributed by atoms with Crippen LogP contribution in [0.5, 0.6) is 0 Å². The fourth-order valence-corrected chi connectivity index (χ4v) is 4.84. The van der Waals surface area contributed by atoms with Crippen LogP contribution in [0.2, 0.25) is 0 Å². The van der Waals surface area contributed by atoms with Crippen LogP contribution in [0.3, 0.4) is 0 Å². The van der Waals surface area contributed by atoms with E-state index in [1.807, 2.05) is 61.5 Å². The van der Waals surface area contributed by atoms with Crippen LogP contribution in [-0.4, -0.2) is 0 Å². The van der Waals surface area contributed by atoms with Gasteiger partial charge in [-0.05, 0) is 47.9 Å². The first-order valence-corrected chi connectivity index (χ1v) is 10.4. The Morgan fingerprint density at radius 3 is 2.30 bits per heavy atom. The van der Waals surface area contributed by atoms with Gasteiger partial charge in [0, 0.05) is 16.2 Å². The van der Waals surface area contributed by atoms with E-state index in [2.05, 4.69) is 11.9 Å². The predicted molar refractivity (Wildman–Crippen MR) is 119 cm³/mol. The zero-order valence-electron chi connectivity index (χ0n) is 16.3. The molecule has 1 aliphatic rings. The molecule has 0 fully saturated rings. The Labute approximate surface area is 178 Å². The third kappa shape index (κ3) is 3.90. The first-order valence-electron chi connectivity index (χ1n) is 9.51. The molecule has 1 atom stereocenters. The lowest BCUT2D eigenvalue weighted by atomic mass is 9.96. The van der Waals surface area contributed by atoms with E-state index < -0.39 is 11.7 Å². The van der Waals surface area contributed by atoms with E-state index in [4.69, 9.17) is 0 Å². The molecule has 1 aliphatic heterocycles. The quantitative estimate of drug-likeness (QED) is 0.457. The van der Waals surface area contributed by atoms with Gasteiger partial charge in [-0.3, -0.25) is 0 Å². The van der Waals surface area contributed by atoms with E-state index in [0.717, 1.165) is 50.7 Å². The molecule has 0 bridgehead atoms. The Morgan fingerprint density at radius 2 is 1.60 bits per heavy atom. The highest BCUT2D eigenvalue weighted by Crippen LogP contribution is 2.49. The zero-order chi connectivity index (χ0) is 21.3. The van der Waals surface area contributed by atoms with E-state index in [1.165, 1.54) is 0 Å². The van der Waals surface area contributed by atoms with Crippen molar-refractivity contribution in [3.8, 4) is 0 Å². The second-order valence-corrected chi connectivity index (χ2v) is 8.24. The average molecular weight is 424 g/mol. The molecule has 0 aromatic heterocycles. The number of fused-ring (bicyclic) bond motifs is 1. The van der Waals surface area contributed by atoms with Gasteiger partial charge in [-0.1, -0.05) is 61.2 Å². The van der Waals surface area contributed by atoms with Crippen molar-refractivity contribution >= 4 is 29.2 Å². The zero-order valence-corrected chi connectivity index (χ0v) is 17.1. The van der Waals surface area contributed by atoms with Crippen molar-refractivity contribution in [2.75, 3.05) is 5.32 Å². The minimum Gasteiger partial charge on any atom is -0.354 e. The molecule has 5 heteroatoms. The Morgan fingerprint density at radius 1 is 0.933 bits per heavy atom. The summed E-state index contributed by atoms with van der Waals surface area (Å²) >= 11 is 1.64. The molecule has 1 unspecified atom stereocenters. The van der Waals surface area contributed by atoms with Gasteiger partial charge in [0.05, 0.1) is 16.5 Å². The van der Waals surface area contributed by atoms with Crippen molar-refractivity contribution in [2.24, 2.45) is 0 Å².